The van der Waals surface area contributed by atoms with Crippen molar-refractivity contribution in [3.8, 4) is 0 Å². The molecule has 136 valence electrons. The zero-order valence-corrected chi connectivity index (χ0v) is 15.2. The molecule has 0 bridgehead atoms. The Kier molecular flexibility index (Phi) is 4.27. The van der Waals surface area contributed by atoms with Crippen LogP contribution in [-0.4, -0.2) is 40.9 Å². The van der Waals surface area contributed by atoms with Crippen LogP contribution in [0, 0.1) is 0 Å². The number of aliphatic hydroxyl groups is 1. The molecule has 1 aromatic carbocycles. The summed E-state index contributed by atoms with van der Waals surface area (Å²) in [5, 5.41) is 13.7. The number of anilines is 1. The highest BCUT2D eigenvalue weighted by Gasteiger charge is 2.53. The van der Waals surface area contributed by atoms with Crippen LogP contribution in [0.3, 0.4) is 0 Å². The number of fused-ring (bicyclic) bond motifs is 3. The van der Waals surface area contributed by atoms with Crippen molar-refractivity contribution in [3.05, 3.63) is 29.8 Å². The Morgan fingerprint density at radius 1 is 1.40 bits per heavy atom. The molecule has 0 unspecified atom stereocenters. The SMILES string of the molecule is CC(C)(C)OC(=O)NC[C@@H]1c2ccccc2N2C(=O)CC[C@](C)(O)[C@@H]12. The van der Waals surface area contributed by atoms with Crippen LogP contribution in [0.25, 0.3) is 0 Å². The van der Waals surface area contributed by atoms with Crippen molar-refractivity contribution in [3.63, 3.8) is 0 Å². The number of piperidine rings is 1. The summed E-state index contributed by atoms with van der Waals surface area (Å²) in [6, 6.07) is 7.27. The predicted molar refractivity (Wildman–Crippen MR) is 94.6 cm³/mol. The summed E-state index contributed by atoms with van der Waals surface area (Å²) in [5.74, 6) is -0.160. The molecule has 3 atom stereocenters. The Morgan fingerprint density at radius 2 is 2.08 bits per heavy atom. The number of ether oxygens (including phenoxy) is 1. The Bertz CT molecular complexity index is 693. The fraction of sp³-hybridized carbons (Fsp3) is 0.579. The van der Waals surface area contributed by atoms with Crippen molar-refractivity contribution >= 4 is 17.7 Å². The molecule has 3 rings (SSSR count). The molecular formula is C19H26N2O4. The van der Waals surface area contributed by atoms with Crippen molar-refractivity contribution < 1.29 is 19.4 Å². The summed E-state index contributed by atoms with van der Waals surface area (Å²) in [4.78, 5) is 26.2. The lowest BCUT2D eigenvalue weighted by Gasteiger charge is -2.43. The molecule has 2 heterocycles. The quantitative estimate of drug-likeness (QED) is 0.863. The Hall–Kier alpha value is -2.08. The lowest BCUT2D eigenvalue weighted by molar-refractivity contribution is -0.125. The molecule has 0 aromatic heterocycles. The smallest absolute Gasteiger partial charge is 0.407 e. The summed E-state index contributed by atoms with van der Waals surface area (Å²) in [5.41, 5.74) is 0.219. The molecule has 2 aliphatic rings. The van der Waals surface area contributed by atoms with Gasteiger partial charge in [-0.3, -0.25) is 4.79 Å². The molecule has 0 saturated carbocycles. The van der Waals surface area contributed by atoms with E-state index in [2.05, 4.69) is 5.32 Å². The number of para-hydroxylation sites is 1. The van der Waals surface area contributed by atoms with Gasteiger partial charge in [-0.15, -0.1) is 0 Å². The first-order chi connectivity index (χ1) is 11.6. The Balaban J connectivity index is 1.86. The topological polar surface area (TPSA) is 78.9 Å². The third-order valence-corrected chi connectivity index (χ3v) is 4.87. The van der Waals surface area contributed by atoms with Crippen LogP contribution >= 0.6 is 0 Å². The van der Waals surface area contributed by atoms with Gasteiger partial charge in [0.25, 0.3) is 0 Å². The average Bonchev–Trinajstić information content (AvgIpc) is 2.84. The molecular weight excluding hydrogens is 320 g/mol. The van der Waals surface area contributed by atoms with Crippen LogP contribution in [0.15, 0.2) is 24.3 Å². The standard InChI is InChI=1S/C19H26N2O4/c1-18(2,3)25-17(23)20-11-13-12-7-5-6-8-14(12)21-15(22)9-10-19(4,24)16(13)21/h5-8,13,16,24H,9-11H2,1-4H3,(H,20,23)/t13-,16-,19+/m1/s1. The van der Waals surface area contributed by atoms with Crippen molar-refractivity contribution in [2.24, 2.45) is 0 Å². The number of alkyl carbamates (subject to hydrolysis) is 1. The van der Waals surface area contributed by atoms with Gasteiger partial charge in [0.1, 0.15) is 5.60 Å². The van der Waals surface area contributed by atoms with Gasteiger partial charge in [-0.1, -0.05) is 18.2 Å². The number of hydrogen-bond donors (Lipinski definition) is 2. The lowest BCUT2D eigenvalue weighted by atomic mass is 9.79. The number of benzene rings is 1. The number of hydrogen-bond acceptors (Lipinski definition) is 4. The minimum atomic E-state index is -1.01. The normalized spacial score (nSPS) is 28.4. The maximum atomic E-state index is 12.5. The zero-order chi connectivity index (χ0) is 18.4. The monoisotopic (exact) mass is 346 g/mol. The number of carbonyl (C=O) groups is 2. The second-order valence-electron chi connectivity index (χ2n) is 8.11. The molecule has 2 N–H and O–H groups in total. The van der Waals surface area contributed by atoms with E-state index < -0.39 is 17.3 Å². The van der Waals surface area contributed by atoms with Crippen LogP contribution in [0.5, 0.6) is 0 Å². The van der Waals surface area contributed by atoms with Crippen LogP contribution in [0.1, 0.15) is 52.0 Å². The van der Waals surface area contributed by atoms with Gasteiger partial charge in [0, 0.05) is 24.6 Å². The summed E-state index contributed by atoms with van der Waals surface area (Å²) < 4.78 is 5.30. The predicted octanol–water partition coefficient (Wildman–Crippen LogP) is 2.55. The molecule has 1 aromatic rings. The van der Waals surface area contributed by atoms with E-state index in [9.17, 15) is 14.7 Å². The second kappa shape index (κ2) is 6.02. The summed E-state index contributed by atoms with van der Waals surface area (Å²) >= 11 is 0. The molecule has 25 heavy (non-hydrogen) atoms. The van der Waals surface area contributed by atoms with Gasteiger partial charge >= 0.3 is 6.09 Å². The Morgan fingerprint density at radius 3 is 2.76 bits per heavy atom. The number of nitrogens with one attached hydrogen (secondary N) is 1. The van der Waals surface area contributed by atoms with Gasteiger partial charge in [-0.05, 0) is 45.7 Å². The first-order valence-electron chi connectivity index (χ1n) is 8.70. The summed E-state index contributed by atoms with van der Waals surface area (Å²) in [6.45, 7) is 7.50. The number of nitrogens with zero attached hydrogens (tertiary/aromatic N) is 1. The van der Waals surface area contributed by atoms with E-state index in [-0.39, 0.29) is 17.9 Å². The van der Waals surface area contributed by atoms with Crippen molar-refractivity contribution in [2.75, 3.05) is 11.4 Å². The first kappa shape index (κ1) is 17.7. The number of rotatable bonds is 2. The molecule has 6 heteroatoms. The molecule has 0 aliphatic carbocycles. The largest absolute Gasteiger partial charge is 0.444 e. The van der Waals surface area contributed by atoms with Gasteiger partial charge in [-0.25, -0.2) is 4.79 Å². The second-order valence-corrected chi connectivity index (χ2v) is 8.11. The van der Waals surface area contributed by atoms with Gasteiger partial charge in [0.05, 0.1) is 11.6 Å². The lowest BCUT2D eigenvalue weighted by Crippen LogP contribution is -2.58. The fourth-order valence-electron chi connectivity index (χ4n) is 3.88. The highest BCUT2D eigenvalue weighted by atomic mass is 16.6. The van der Waals surface area contributed by atoms with Crippen LogP contribution in [0.4, 0.5) is 10.5 Å². The summed E-state index contributed by atoms with van der Waals surface area (Å²) in [6.07, 6.45) is 0.249. The molecule has 0 radical (unpaired) electrons. The molecule has 2 amide bonds. The molecule has 1 saturated heterocycles. The van der Waals surface area contributed by atoms with E-state index >= 15 is 0 Å². The molecule has 1 fully saturated rings. The van der Waals surface area contributed by atoms with E-state index in [4.69, 9.17) is 4.74 Å². The van der Waals surface area contributed by atoms with Crippen molar-refractivity contribution in [2.45, 2.75) is 63.7 Å². The molecule has 6 nitrogen and oxygen atoms in total. The maximum Gasteiger partial charge on any atom is 0.407 e. The third-order valence-electron chi connectivity index (χ3n) is 4.87. The van der Waals surface area contributed by atoms with E-state index in [0.29, 0.717) is 19.4 Å². The molecule has 0 spiro atoms. The maximum absolute atomic E-state index is 12.5. The van der Waals surface area contributed by atoms with Gasteiger partial charge in [0.15, 0.2) is 0 Å². The number of amides is 2. The van der Waals surface area contributed by atoms with E-state index in [1.807, 2.05) is 45.0 Å². The van der Waals surface area contributed by atoms with Gasteiger partial charge in [0.2, 0.25) is 5.91 Å². The van der Waals surface area contributed by atoms with E-state index in [1.54, 1.807) is 11.8 Å². The zero-order valence-electron chi connectivity index (χ0n) is 15.2. The van der Waals surface area contributed by atoms with Crippen LogP contribution in [-0.2, 0) is 9.53 Å². The number of carbonyl (C=O) groups excluding carboxylic acids is 2. The van der Waals surface area contributed by atoms with E-state index in [1.165, 1.54) is 0 Å². The minimum Gasteiger partial charge on any atom is -0.444 e. The van der Waals surface area contributed by atoms with Gasteiger partial charge < -0.3 is 20.1 Å². The first-order valence-corrected chi connectivity index (χ1v) is 8.70. The Labute approximate surface area is 148 Å². The van der Waals surface area contributed by atoms with E-state index in [0.717, 1.165) is 11.3 Å². The molecule has 2 aliphatic heterocycles. The van der Waals surface area contributed by atoms with Crippen LogP contribution in [0.2, 0.25) is 0 Å². The van der Waals surface area contributed by atoms with Crippen LogP contribution < -0.4 is 10.2 Å². The average molecular weight is 346 g/mol. The highest BCUT2D eigenvalue weighted by molar-refractivity contribution is 5.98. The van der Waals surface area contributed by atoms with Crippen molar-refractivity contribution in [1.82, 2.24) is 5.32 Å². The third kappa shape index (κ3) is 3.35. The minimum absolute atomic E-state index is 0.0174. The van der Waals surface area contributed by atoms with Gasteiger partial charge in [-0.2, -0.15) is 0 Å². The summed E-state index contributed by atoms with van der Waals surface area (Å²) in [7, 11) is 0. The van der Waals surface area contributed by atoms with Crippen molar-refractivity contribution in [1.29, 1.82) is 0 Å². The highest BCUT2D eigenvalue weighted by Crippen LogP contribution is 2.48. The fourth-order valence-corrected chi connectivity index (χ4v) is 3.88.